The van der Waals surface area contributed by atoms with E-state index < -0.39 is 0 Å². The quantitative estimate of drug-likeness (QED) is 0.666. The Kier molecular flexibility index (Phi) is 5.95. The summed E-state index contributed by atoms with van der Waals surface area (Å²) >= 11 is 0. The third kappa shape index (κ3) is 4.14. The van der Waals surface area contributed by atoms with Crippen molar-refractivity contribution in [2.45, 2.75) is 46.0 Å². The Morgan fingerprint density at radius 1 is 0.920 bits per heavy atom. The zero-order chi connectivity index (χ0) is 16.5. The first-order chi connectivity index (χ1) is 11.7. The zero-order valence-electron chi connectivity index (χ0n) is 15.2. The molecule has 0 spiro atoms. The van der Waals surface area contributed by atoms with Gasteiger partial charge in [-0.25, -0.2) is 0 Å². The minimum Gasteiger partial charge on any atom is -0.0735 e. The van der Waals surface area contributed by atoms with Gasteiger partial charge in [0.25, 0.3) is 0 Å². The Morgan fingerprint density at radius 3 is 2.36 bits per heavy atom. The van der Waals surface area contributed by atoms with Crippen LogP contribution in [0, 0.1) is 19.8 Å². The average Bonchev–Trinajstić information content (AvgIpc) is 2.98. The summed E-state index contributed by atoms with van der Waals surface area (Å²) < 4.78 is 0. The van der Waals surface area contributed by atoms with Crippen LogP contribution in [-0.2, 0) is 26.2 Å². The zero-order valence-corrected chi connectivity index (χ0v) is 17.7. The van der Waals surface area contributed by atoms with E-state index in [0.717, 1.165) is 5.92 Å². The molecule has 2 aliphatic rings. The standard InChI is InChI=1S/C24H25.Zr/c1-17-8-10-21(11-9-17)23-13-18(2)12-22-15-20(16-24(22)23)14-19-6-4-3-5-7-19;/h8-14,16,19H,3-7H2,1-2H3;. The molecule has 1 saturated carbocycles. The van der Waals surface area contributed by atoms with Crippen LogP contribution in [0.3, 0.4) is 0 Å². The molecule has 0 nitrogen and oxygen atoms in total. The Labute approximate surface area is 170 Å². The summed E-state index contributed by atoms with van der Waals surface area (Å²) in [7, 11) is 0. The molecule has 125 valence electrons. The first-order valence-electron chi connectivity index (χ1n) is 9.24. The maximum absolute atomic E-state index is 3.65. The minimum atomic E-state index is 0. The van der Waals surface area contributed by atoms with Crippen LogP contribution in [-0.4, -0.2) is 0 Å². The maximum atomic E-state index is 3.65. The summed E-state index contributed by atoms with van der Waals surface area (Å²) in [5.74, 6) is 0.746. The predicted molar refractivity (Wildman–Crippen MR) is 103 cm³/mol. The van der Waals surface area contributed by atoms with E-state index in [-0.39, 0.29) is 26.2 Å². The molecule has 4 rings (SSSR count). The second-order valence-corrected chi connectivity index (χ2v) is 7.43. The number of allylic oxidation sites excluding steroid dienone is 2. The molecule has 0 saturated heterocycles. The number of hydrogen-bond donors (Lipinski definition) is 0. The van der Waals surface area contributed by atoms with E-state index in [1.807, 2.05) is 0 Å². The van der Waals surface area contributed by atoms with Crippen LogP contribution in [0.4, 0.5) is 0 Å². The van der Waals surface area contributed by atoms with Crippen molar-refractivity contribution >= 4 is 12.2 Å². The maximum Gasteiger partial charge on any atom is 0 e. The van der Waals surface area contributed by atoms with E-state index in [0.29, 0.717) is 0 Å². The number of aryl methyl sites for hydroxylation is 2. The van der Waals surface area contributed by atoms with E-state index in [9.17, 15) is 0 Å². The van der Waals surface area contributed by atoms with Crippen molar-refractivity contribution in [3.05, 3.63) is 69.6 Å². The molecule has 2 aliphatic carbocycles. The third-order valence-corrected chi connectivity index (χ3v) is 5.33. The van der Waals surface area contributed by atoms with Crippen LogP contribution in [0.15, 0.2) is 48.0 Å². The summed E-state index contributed by atoms with van der Waals surface area (Å²) in [4.78, 5) is 0. The molecule has 0 N–H and O–H groups in total. The van der Waals surface area contributed by atoms with Crippen LogP contribution in [0.2, 0.25) is 0 Å². The van der Waals surface area contributed by atoms with Crippen molar-refractivity contribution in [2.75, 3.05) is 0 Å². The van der Waals surface area contributed by atoms with Crippen molar-refractivity contribution < 1.29 is 26.2 Å². The number of hydrogen-bond acceptors (Lipinski definition) is 0. The second kappa shape index (κ2) is 8.00. The van der Waals surface area contributed by atoms with Gasteiger partial charge in [-0.2, -0.15) is 0 Å². The molecule has 25 heavy (non-hydrogen) atoms. The SMILES string of the molecule is Cc1ccc(-c2cc(C)cc3c2=CC(=CC2CCCCC2)[C]=3)cc1.[Zr]. The molecule has 1 heteroatoms. The minimum absolute atomic E-state index is 0. The Morgan fingerprint density at radius 2 is 1.64 bits per heavy atom. The van der Waals surface area contributed by atoms with Crippen LogP contribution in [0.1, 0.15) is 43.2 Å². The fourth-order valence-electron chi connectivity index (χ4n) is 4.02. The van der Waals surface area contributed by atoms with Crippen molar-refractivity contribution in [2.24, 2.45) is 5.92 Å². The normalized spacial score (nSPS) is 18.2. The molecule has 0 heterocycles. The Balaban J connectivity index is 0.00000182. The van der Waals surface area contributed by atoms with Crippen molar-refractivity contribution in [1.29, 1.82) is 0 Å². The van der Waals surface area contributed by atoms with Crippen molar-refractivity contribution in [3.63, 3.8) is 0 Å². The van der Waals surface area contributed by atoms with Gasteiger partial charge < -0.3 is 0 Å². The monoisotopic (exact) mass is 403 g/mol. The summed E-state index contributed by atoms with van der Waals surface area (Å²) in [6, 6.07) is 13.5. The summed E-state index contributed by atoms with van der Waals surface area (Å²) in [6.07, 6.45) is 15.3. The number of fused-ring (bicyclic) bond motifs is 1. The Hall–Kier alpha value is -1.20. The van der Waals surface area contributed by atoms with Gasteiger partial charge in [-0.15, -0.1) is 0 Å². The molecule has 1 fully saturated rings. The van der Waals surface area contributed by atoms with E-state index in [4.69, 9.17) is 0 Å². The average molecular weight is 405 g/mol. The van der Waals surface area contributed by atoms with Gasteiger partial charge in [0.2, 0.25) is 0 Å². The molecule has 0 unspecified atom stereocenters. The van der Waals surface area contributed by atoms with Crippen LogP contribution in [0.25, 0.3) is 23.3 Å². The smallest absolute Gasteiger partial charge is 0 e. The van der Waals surface area contributed by atoms with Crippen LogP contribution >= 0.6 is 0 Å². The van der Waals surface area contributed by atoms with E-state index >= 15 is 0 Å². The molecule has 0 amide bonds. The third-order valence-electron chi connectivity index (χ3n) is 5.33. The van der Waals surface area contributed by atoms with Gasteiger partial charge in [0, 0.05) is 26.2 Å². The van der Waals surface area contributed by atoms with Gasteiger partial charge >= 0.3 is 0 Å². The van der Waals surface area contributed by atoms with Crippen molar-refractivity contribution in [1.82, 2.24) is 0 Å². The molecule has 0 bridgehead atoms. The second-order valence-electron chi connectivity index (χ2n) is 7.43. The molecule has 0 atom stereocenters. The topological polar surface area (TPSA) is 0 Å². The summed E-state index contributed by atoms with van der Waals surface area (Å²) in [5.41, 5.74) is 6.55. The fourth-order valence-corrected chi connectivity index (χ4v) is 4.02. The molecule has 2 aromatic rings. The van der Waals surface area contributed by atoms with Gasteiger partial charge in [0.1, 0.15) is 0 Å². The molecule has 2 aromatic carbocycles. The van der Waals surface area contributed by atoms with E-state index in [1.54, 1.807) is 0 Å². The van der Waals surface area contributed by atoms with Crippen LogP contribution in [0.5, 0.6) is 0 Å². The number of rotatable bonds is 2. The molecular formula is C24H25Zr. The van der Waals surface area contributed by atoms with Gasteiger partial charge in [0.05, 0.1) is 0 Å². The fraction of sp³-hybridized carbons (Fsp3) is 0.333. The summed E-state index contributed by atoms with van der Waals surface area (Å²) in [6.45, 7) is 4.33. The molecular weight excluding hydrogens is 379 g/mol. The van der Waals surface area contributed by atoms with Gasteiger partial charge in [-0.1, -0.05) is 67.3 Å². The van der Waals surface area contributed by atoms with E-state index in [1.165, 1.54) is 70.4 Å². The summed E-state index contributed by atoms with van der Waals surface area (Å²) in [5, 5.41) is 2.60. The van der Waals surface area contributed by atoms with Gasteiger partial charge in [0.15, 0.2) is 0 Å². The first-order valence-corrected chi connectivity index (χ1v) is 9.24. The van der Waals surface area contributed by atoms with E-state index in [2.05, 4.69) is 68.5 Å². The molecule has 0 aliphatic heterocycles. The Bertz CT molecular complexity index is 894. The first kappa shape index (κ1) is 18.6. The molecule has 0 aromatic heterocycles. The predicted octanol–water partition coefficient (Wildman–Crippen LogP) is 4.93. The van der Waals surface area contributed by atoms with Crippen molar-refractivity contribution in [3.8, 4) is 11.1 Å². The van der Waals surface area contributed by atoms with Crippen LogP contribution < -0.4 is 10.4 Å². The largest absolute Gasteiger partial charge is 0.0735 e. The molecule has 1 radical (unpaired) electrons. The number of benzene rings is 2. The van der Waals surface area contributed by atoms with Gasteiger partial charge in [-0.05, 0) is 77.5 Å². The van der Waals surface area contributed by atoms with Gasteiger partial charge in [-0.3, -0.25) is 0 Å².